The van der Waals surface area contributed by atoms with Crippen LogP contribution in [0.2, 0.25) is 0 Å². The Kier molecular flexibility index (Phi) is 23.7. The van der Waals surface area contributed by atoms with Gasteiger partial charge < -0.3 is 28.8 Å². The van der Waals surface area contributed by atoms with Crippen LogP contribution in [-0.2, 0) is 43.8 Å². The number of methoxy groups -OCH3 is 2. The normalized spacial score (nSPS) is 17.6. The number of halogens is 1. The molecule has 0 aromatic heterocycles. The quantitative estimate of drug-likeness (QED) is 0.109. The van der Waals surface area contributed by atoms with Gasteiger partial charge in [0.1, 0.15) is 34.6 Å². The number of alkyl halides is 1. The maximum absolute atomic E-state index is 13.5. The number of carbonyl (C=O) groups is 2. The van der Waals surface area contributed by atoms with E-state index in [2.05, 4.69) is 15.9 Å². The molecule has 0 aliphatic carbocycles. The number of aryl methyl sites for hydroxylation is 4. The van der Waals surface area contributed by atoms with Crippen LogP contribution in [-0.4, -0.2) is 118 Å². The summed E-state index contributed by atoms with van der Waals surface area (Å²) in [6.45, 7) is 19.3. The van der Waals surface area contributed by atoms with Gasteiger partial charge in [-0.15, -0.1) is 0 Å². The van der Waals surface area contributed by atoms with Crippen molar-refractivity contribution < 1.29 is 55.2 Å². The zero-order valence-corrected chi connectivity index (χ0v) is 41.6. The second kappa shape index (κ2) is 25.6. The molecule has 2 aromatic carbocycles. The van der Waals surface area contributed by atoms with E-state index in [1.54, 1.807) is 95.6 Å². The van der Waals surface area contributed by atoms with Crippen molar-refractivity contribution >= 4 is 47.9 Å². The Morgan fingerprint density at radius 1 is 0.677 bits per heavy atom. The lowest BCUT2D eigenvalue weighted by molar-refractivity contribution is -0.160. The van der Waals surface area contributed by atoms with Gasteiger partial charge in [-0.05, 0) is 154 Å². The number of piperidine rings is 2. The number of ether oxygens (including phenoxy) is 5. The molecule has 0 saturated carbocycles. The molecule has 2 aliphatic heterocycles. The van der Waals surface area contributed by atoms with E-state index in [1.807, 2.05) is 20.8 Å². The second-order valence-corrected chi connectivity index (χ2v) is 21.6. The third-order valence-electron chi connectivity index (χ3n) is 9.85. The minimum Gasteiger partial charge on any atom is -0.497 e. The third kappa shape index (κ3) is 17.6. The third-order valence-corrected chi connectivity index (χ3v) is 14.8. The van der Waals surface area contributed by atoms with E-state index >= 15 is 0 Å². The molecule has 2 heterocycles. The summed E-state index contributed by atoms with van der Waals surface area (Å²) < 4.78 is 82.5. The molecule has 0 radical (unpaired) electrons. The van der Waals surface area contributed by atoms with Gasteiger partial charge in [-0.25, -0.2) is 21.6 Å². The van der Waals surface area contributed by atoms with Crippen molar-refractivity contribution in [2.45, 2.75) is 161 Å². The highest BCUT2D eigenvalue weighted by molar-refractivity contribution is 9.09. The molecule has 2 fully saturated rings. The fraction of sp³-hybridized carbons (Fsp3) is 0.689. The number of carbonyl (C=O) groups excluding carboxylic acids is 2. The standard InChI is InChI=1S/C22H35NO6S.C16H25NO4S.C6H11BrO2.CH4/c1-16-13-19(27-6)14-17(2)21(16)30(25,26)23-11-8-7-9-18(23)10-12-28-15-20(24)29-22(3,4)5;1-12-10-15(21-3)11-13(2)16(12)22(19,20)17-8-5-4-6-14(17)7-9-18;1-6(2,3)9-5(8)4-7;/h13-14,18H,7-12,15H2,1-6H3;10-11,14,18H,4-9H2,1-3H3;4H2,1-3H3;1H4. The van der Waals surface area contributed by atoms with Crippen LogP contribution in [0.1, 0.15) is 123 Å². The molecule has 2 atom stereocenters. The Labute approximate surface area is 381 Å². The van der Waals surface area contributed by atoms with Gasteiger partial charge in [0.15, 0.2) is 0 Å². The first-order chi connectivity index (χ1) is 28.3. The van der Waals surface area contributed by atoms with Gasteiger partial charge in [0, 0.05) is 38.4 Å². The predicted molar refractivity (Wildman–Crippen MR) is 247 cm³/mol. The lowest BCUT2D eigenvalue weighted by atomic mass is 10.0. The Balaban J connectivity index is 0.000000525. The van der Waals surface area contributed by atoms with E-state index in [4.69, 9.17) is 23.7 Å². The van der Waals surface area contributed by atoms with Crippen molar-refractivity contribution in [2.24, 2.45) is 0 Å². The first kappa shape index (κ1) is 57.2. The van der Waals surface area contributed by atoms with Crippen LogP contribution in [0.5, 0.6) is 11.5 Å². The van der Waals surface area contributed by atoms with E-state index in [1.165, 1.54) is 0 Å². The average Bonchev–Trinajstić information content (AvgIpc) is 3.15. The van der Waals surface area contributed by atoms with E-state index in [-0.39, 0.29) is 49.6 Å². The molecule has 14 nitrogen and oxygen atoms in total. The van der Waals surface area contributed by atoms with Crippen molar-refractivity contribution in [3.8, 4) is 11.5 Å². The summed E-state index contributed by atoms with van der Waals surface area (Å²) in [5.74, 6) is 0.678. The minimum absolute atomic E-state index is 0. The summed E-state index contributed by atoms with van der Waals surface area (Å²) in [4.78, 5) is 23.1. The summed E-state index contributed by atoms with van der Waals surface area (Å²) in [6, 6.07) is 6.76. The van der Waals surface area contributed by atoms with Crippen LogP contribution >= 0.6 is 15.9 Å². The zero-order chi connectivity index (χ0) is 46.3. The summed E-state index contributed by atoms with van der Waals surface area (Å²) in [5.41, 5.74) is 1.85. The number of aliphatic hydroxyl groups is 1. The van der Waals surface area contributed by atoms with Crippen LogP contribution in [0, 0.1) is 27.7 Å². The molecule has 2 saturated heterocycles. The Morgan fingerprint density at radius 3 is 1.37 bits per heavy atom. The SMILES string of the molecule is C.CC(C)(C)OC(=O)CBr.COc1cc(C)c(S(=O)(=O)N2CCCCC2CCO)c(C)c1.COc1cc(C)c(S(=O)(=O)N2CCCCC2CCOCC(=O)OC(C)(C)C)c(C)c1. The first-order valence-electron chi connectivity index (χ1n) is 20.8. The number of benzene rings is 2. The van der Waals surface area contributed by atoms with Crippen LogP contribution < -0.4 is 9.47 Å². The van der Waals surface area contributed by atoms with Gasteiger partial charge in [0.2, 0.25) is 20.0 Å². The molecule has 4 rings (SSSR count). The lowest BCUT2D eigenvalue weighted by Gasteiger charge is -2.35. The monoisotopic (exact) mass is 978 g/mol. The number of sulfonamides is 2. The van der Waals surface area contributed by atoms with Gasteiger partial charge in [-0.1, -0.05) is 36.2 Å². The van der Waals surface area contributed by atoms with Crippen LogP contribution in [0.15, 0.2) is 34.1 Å². The van der Waals surface area contributed by atoms with Crippen LogP contribution in [0.4, 0.5) is 0 Å². The van der Waals surface area contributed by atoms with Crippen molar-refractivity contribution in [2.75, 3.05) is 52.5 Å². The number of hydrogen-bond acceptors (Lipinski definition) is 12. The number of hydrogen-bond donors (Lipinski definition) is 1. The van der Waals surface area contributed by atoms with Gasteiger partial charge in [-0.3, -0.25) is 4.79 Å². The van der Waals surface area contributed by atoms with Crippen molar-refractivity contribution in [1.29, 1.82) is 0 Å². The average molecular weight is 980 g/mol. The second-order valence-electron chi connectivity index (χ2n) is 17.4. The maximum Gasteiger partial charge on any atom is 0.332 e. The van der Waals surface area contributed by atoms with E-state index in [0.717, 1.165) is 38.5 Å². The molecule has 2 aliphatic rings. The summed E-state index contributed by atoms with van der Waals surface area (Å²) in [7, 11) is -4.05. The van der Waals surface area contributed by atoms with Crippen LogP contribution in [0.3, 0.4) is 0 Å². The lowest BCUT2D eigenvalue weighted by Crippen LogP contribution is -2.44. The van der Waals surface area contributed by atoms with E-state index < -0.39 is 31.6 Å². The molecule has 0 amide bonds. The first-order valence-corrected chi connectivity index (χ1v) is 24.9. The Morgan fingerprint density at radius 2 is 1.05 bits per heavy atom. The number of nitrogens with zero attached hydrogens (tertiary/aromatic N) is 2. The highest BCUT2D eigenvalue weighted by atomic mass is 79.9. The molecule has 2 aromatic rings. The Bertz CT molecular complexity index is 1910. The molecular formula is C45H75BrN2O12S2. The maximum atomic E-state index is 13.5. The van der Waals surface area contributed by atoms with E-state index in [9.17, 15) is 31.5 Å². The number of rotatable bonds is 14. The molecular weight excluding hydrogens is 905 g/mol. The van der Waals surface area contributed by atoms with Crippen LogP contribution in [0.25, 0.3) is 0 Å². The molecule has 0 bridgehead atoms. The van der Waals surface area contributed by atoms with Crippen molar-refractivity contribution in [3.05, 3.63) is 46.5 Å². The predicted octanol–water partition coefficient (Wildman–Crippen LogP) is 8.20. The molecule has 1 N–H and O–H groups in total. The van der Waals surface area contributed by atoms with Gasteiger partial charge in [0.05, 0.1) is 24.0 Å². The fourth-order valence-electron chi connectivity index (χ4n) is 7.53. The van der Waals surface area contributed by atoms with Gasteiger partial charge in [0.25, 0.3) is 0 Å². The van der Waals surface area contributed by atoms with E-state index in [0.29, 0.717) is 76.1 Å². The number of esters is 2. The largest absolute Gasteiger partial charge is 0.497 e. The highest BCUT2D eigenvalue weighted by Gasteiger charge is 2.36. The summed E-state index contributed by atoms with van der Waals surface area (Å²) in [5, 5.41) is 9.48. The molecule has 62 heavy (non-hydrogen) atoms. The topological polar surface area (TPSA) is 175 Å². The fourth-order valence-corrected chi connectivity index (χ4v) is 11.9. The summed E-state index contributed by atoms with van der Waals surface area (Å²) >= 11 is 2.99. The summed E-state index contributed by atoms with van der Waals surface area (Å²) in [6.07, 6.45) is 6.32. The van der Waals surface area contributed by atoms with Gasteiger partial charge in [-0.2, -0.15) is 8.61 Å². The van der Waals surface area contributed by atoms with Gasteiger partial charge >= 0.3 is 11.9 Å². The zero-order valence-electron chi connectivity index (χ0n) is 38.4. The van der Waals surface area contributed by atoms with Crippen molar-refractivity contribution in [3.63, 3.8) is 0 Å². The molecule has 356 valence electrons. The highest BCUT2D eigenvalue weighted by Crippen LogP contribution is 2.34. The Hall–Kier alpha value is -2.80. The minimum atomic E-state index is -3.64. The number of aliphatic hydroxyl groups excluding tert-OH is 1. The molecule has 2 unspecified atom stereocenters. The molecule has 17 heteroatoms. The molecule has 0 spiro atoms. The smallest absolute Gasteiger partial charge is 0.332 e. The van der Waals surface area contributed by atoms with Crippen molar-refractivity contribution in [1.82, 2.24) is 8.61 Å².